The van der Waals surface area contributed by atoms with E-state index < -0.39 is 0 Å². The summed E-state index contributed by atoms with van der Waals surface area (Å²) in [6.45, 7) is 9.60. The van der Waals surface area contributed by atoms with Crippen molar-refractivity contribution in [2.75, 3.05) is 18.4 Å². The summed E-state index contributed by atoms with van der Waals surface area (Å²) in [5, 5.41) is 8.28. The number of hydrogen-bond acceptors (Lipinski definition) is 3. The van der Waals surface area contributed by atoms with Crippen molar-refractivity contribution in [2.24, 2.45) is 5.92 Å². The van der Waals surface area contributed by atoms with Crippen molar-refractivity contribution in [2.45, 2.75) is 65.2 Å². The Morgan fingerprint density at radius 1 is 1.18 bits per heavy atom. The Morgan fingerprint density at radius 2 is 2.00 bits per heavy atom. The number of nitrogens with zero attached hydrogens (tertiary/aromatic N) is 2. The van der Waals surface area contributed by atoms with Gasteiger partial charge in [-0.3, -0.25) is 4.79 Å². The highest BCUT2D eigenvalue weighted by Gasteiger charge is 2.40. The highest BCUT2D eigenvalue weighted by atomic mass is 19.1. The smallest absolute Gasteiger partial charge is 0.254 e. The zero-order chi connectivity index (χ0) is 23.6. The number of halogens is 1. The third-order valence-corrected chi connectivity index (χ3v) is 8.21. The predicted octanol–water partition coefficient (Wildman–Crippen LogP) is 4.91. The van der Waals surface area contributed by atoms with Crippen LogP contribution < -0.4 is 10.6 Å². The van der Waals surface area contributed by atoms with E-state index in [1.807, 2.05) is 19.1 Å². The largest absolute Gasteiger partial charge is 0.379 e. The van der Waals surface area contributed by atoms with Crippen LogP contribution in [-0.2, 0) is 13.1 Å². The molecule has 3 heterocycles. The van der Waals surface area contributed by atoms with Gasteiger partial charge in [-0.05, 0) is 86.9 Å². The lowest BCUT2D eigenvalue weighted by Crippen LogP contribution is -2.46. The molecular weight excluding hydrogens is 427 g/mol. The van der Waals surface area contributed by atoms with Crippen LogP contribution in [0.15, 0.2) is 30.3 Å². The van der Waals surface area contributed by atoms with Gasteiger partial charge in [-0.2, -0.15) is 0 Å². The molecule has 2 aliphatic heterocycles. The van der Waals surface area contributed by atoms with E-state index in [0.717, 1.165) is 59.7 Å². The number of benzene rings is 2. The van der Waals surface area contributed by atoms with Gasteiger partial charge in [0.1, 0.15) is 5.82 Å². The fraction of sp³-hybridized carbons (Fsp3) is 0.464. The second-order valence-corrected chi connectivity index (χ2v) is 10.6. The Hall–Kier alpha value is -2.86. The quantitative estimate of drug-likeness (QED) is 0.549. The molecule has 1 saturated carbocycles. The van der Waals surface area contributed by atoms with Crippen LogP contribution >= 0.6 is 0 Å². The van der Waals surface area contributed by atoms with Gasteiger partial charge in [0.15, 0.2) is 0 Å². The molecule has 3 aromatic rings. The molecule has 3 aliphatic rings. The highest BCUT2D eigenvalue weighted by Crippen LogP contribution is 2.38. The molecule has 2 aromatic carbocycles. The van der Waals surface area contributed by atoms with Crippen molar-refractivity contribution in [3.63, 3.8) is 0 Å². The lowest BCUT2D eigenvalue weighted by molar-refractivity contribution is 0.0716. The van der Waals surface area contributed by atoms with Gasteiger partial charge < -0.3 is 20.1 Å². The van der Waals surface area contributed by atoms with Gasteiger partial charge in [-0.25, -0.2) is 4.39 Å². The number of fused-ring (bicyclic) bond motifs is 3. The van der Waals surface area contributed by atoms with Crippen LogP contribution in [0, 0.1) is 32.5 Å². The van der Waals surface area contributed by atoms with Gasteiger partial charge in [0.25, 0.3) is 5.91 Å². The molecule has 0 spiro atoms. The Kier molecular flexibility index (Phi) is 5.17. The SMILES string of the molecule is Cc1cc(F)ccc1CNc1cc(C(=O)N2C[C@H]3C[C@@H]2CN3)cc2c(C)c(C)n(CC3CC3)c12. The Morgan fingerprint density at radius 3 is 2.68 bits per heavy atom. The fourth-order valence-electron chi connectivity index (χ4n) is 5.84. The minimum absolute atomic E-state index is 0.129. The first-order valence-electron chi connectivity index (χ1n) is 12.6. The first kappa shape index (κ1) is 21.7. The minimum Gasteiger partial charge on any atom is -0.379 e. The van der Waals surface area contributed by atoms with Crippen molar-refractivity contribution >= 4 is 22.5 Å². The summed E-state index contributed by atoms with van der Waals surface area (Å²) in [6, 6.07) is 9.82. The first-order valence-corrected chi connectivity index (χ1v) is 12.6. The number of anilines is 1. The molecule has 0 radical (unpaired) electrons. The topological polar surface area (TPSA) is 49.3 Å². The number of amides is 1. The molecule has 1 aromatic heterocycles. The van der Waals surface area contributed by atoms with Gasteiger partial charge in [-0.1, -0.05) is 6.07 Å². The Bertz CT molecular complexity index is 1290. The van der Waals surface area contributed by atoms with Crippen LogP contribution in [0.3, 0.4) is 0 Å². The maximum Gasteiger partial charge on any atom is 0.254 e. The zero-order valence-corrected chi connectivity index (χ0v) is 20.2. The average molecular weight is 461 g/mol. The van der Waals surface area contributed by atoms with E-state index >= 15 is 0 Å². The number of carbonyl (C=O) groups is 1. The molecular formula is C28H33FN4O. The molecule has 2 N–H and O–H groups in total. The number of aryl methyl sites for hydroxylation is 2. The van der Waals surface area contributed by atoms with Crippen molar-refractivity contribution < 1.29 is 9.18 Å². The summed E-state index contributed by atoms with van der Waals surface area (Å²) in [5.74, 6) is 0.661. The van der Waals surface area contributed by atoms with E-state index in [0.29, 0.717) is 18.6 Å². The molecule has 1 aliphatic carbocycles. The first-order chi connectivity index (χ1) is 16.4. The molecule has 2 atom stereocenters. The van der Waals surface area contributed by atoms with Crippen LogP contribution in [0.4, 0.5) is 10.1 Å². The molecule has 3 fully saturated rings. The van der Waals surface area contributed by atoms with Gasteiger partial charge in [0.2, 0.25) is 0 Å². The number of hydrogen-bond donors (Lipinski definition) is 2. The molecule has 2 saturated heterocycles. The maximum absolute atomic E-state index is 13.6. The molecule has 34 heavy (non-hydrogen) atoms. The van der Waals surface area contributed by atoms with Crippen LogP contribution in [-0.4, -0.2) is 40.5 Å². The van der Waals surface area contributed by atoms with E-state index in [1.165, 1.54) is 35.7 Å². The maximum atomic E-state index is 13.6. The van der Waals surface area contributed by atoms with Crippen LogP contribution in [0.25, 0.3) is 10.9 Å². The molecule has 0 unspecified atom stereocenters. The Balaban J connectivity index is 1.41. The van der Waals surface area contributed by atoms with Crippen molar-refractivity contribution in [1.29, 1.82) is 0 Å². The van der Waals surface area contributed by atoms with E-state index in [1.54, 1.807) is 6.07 Å². The fourth-order valence-corrected chi connectivity index (χ4v) is 5.84. The molecule has 6 rings (SSSR count). The van der Waals surface area contributed by atoms with Crippen LogP contribution in [0.5, 0.6) is 0 Å². The molecule has 178 valence electrons. The number of nitrogens with one attached hydrogen (secondary N) is 2. The molecule has 6 heteroatoms. The highest BCUT2D eigenvalue weighted by molar-refractivity contribution is 6.04. The predicted molar refractivity (Wildman–Crippen MR) is 134 cm³/mol. The molecule has 2 bridgehead atoms. The lowest BCUT2D eigenvalue weighted by atomic mass is 10.0. The van der Waals surface area contributed by atoms with Gasteiger partial charge in [0, 0.05) is 54.9 Å². The number of carbonyl (C=O) groups excluding carboxylic acids is 1. The van der Waals surface area contributed by atoms with E-state index in [-0.39, 0.29) is 11.7 Å². The van der Waals surface area contributed by atoms with Crippen LogP contribution in [0.1, 0.15) is 52.0 Å². The van der Waals surface area contributed by atoms with Gasteiger partial charge >= 0.3 is 0 Å². The van der Waals surface area contributed by atoms with Crippen molar-refractivity contribution in [3.8, 4) is 0 Å². The molecule has 5 nitrogen and oxygen atoms in total. The van der Waals surface area contributed by atoms with Crippen molar-refractivity contribution in [1.82, 2.24) is 14.8 Å². The summed E-state index contributed by atoms with van der Waals surface area (Å²) >= 11 is 0. The number of piperazine rings is 1. The number of rotatable bonds is 6. The standard InChI is InChI=1S/C28H33FN4O/c1-16-8-22(29)7-6-20(16)12-31-26-10-21(28(34)33-15-23-11-24(33)13-30-23)9-25-17(2)18(3)32(27(25)26)14-19-4-5-19/h6-10,19,23-24,30-31H,4-5,11-15H2,1-3H3/t23-,24-/m1/s1. The summed E-state index contributed by atoms with van der Waals surface area (Å²) in [4.78, 5) is 15.7. The van der Waals surface area contributed by atoms with Crippen molar-refractivity contribution in [3.05, 3.63) is 64.1 Å². The van der Waals surface area contributed by atoms with Gasteiger partial charge in [0.05, 0.1) is 11.2 Å². The summed E-state index contributed by atoms with van der Waals surface area (Å²) in [5.41, 5.74) is 7.44. The summed E-state index contributed by atoms with van der Waals surface area (Å²) < 4.78 is 16.1. The summed E-state index contributed by atoms with van der Waals surface area (Å²) in [6.07, 6.45) is 3.63. The third-order valence-electron chi connectivity index (χ3n) is 8.21. The molecule has 1 amide bonds. The number of likely N-dealkylation sites (tertiary alicyclic amines) is 1. The zero-order valence-electron chi connectivity index (χ0n) is 20.2. The third kappa shape index (κ3) is 3.68. The van der Waals surface area contributed by atoms with E-state index in [4.69, 9.17) is 0 Å². The Labute approximate surface area is 200 Å². The summed E-state index contributed by atoms with van der Waals surface area (Å²) in [7, 11) is 0. The number of aromatic nitrogens is 1. The van der Waals surface area contributed by atoms with E-state index in [2.05, 4.69) is 40.0 Å². The second kappa shape index (κ2) is 8.12. The average Bonchev–Trinajstić information content (AvgIpc) is 3.30. The second-order valence-electron chi connectivity index (χ2n) is 10.6. The lowest BCUT2D eigenvalue weighted by Gasteiger charge is -2.28. The monoisotopic (exact) mass is 460 g/mol. The van der Waals surface area contributed by atoms with Crippen LogP contribution in [0.2, 0.25) is 0 Å². The minimum atomic E-state index is -0.213. The van der Waals surface area contributed by atoms with Gasteiger partial charge in [-0.15, -0.1) is 0 Å². The normalized spacial score (nSPS) is 21.6. The van der Waals surface area contributed by atoms with E-state index in [9.17, 15) is 9.18 Å².